The average molecular weight is 560 g/mol. The van der Waals surface area contributed by atoms with Crippen LogP contribution in [0, 0.1) is 0 Å². The molecule has 1 saturated carbocycles. The molecular formula is C30H36Cl2N2O4. The molecular weight excluding hydrogens is 523 g/mol. The first-order chi connectivity index (χ1) is 18.1. The highest BCUT2D eigenvalue weighted by Gasteiger charge is 2.59. The van der Waals surface area contributed by atoms with Crippen molar-refractivity contribution in [2.75, 3.05) is 33.8 Å². The van der Waals surface area contributed by atoms with Gasteiger partial charge in [-0.25, -0.2) is 0 Å². The number of fused-ring (bicyclic) bond motifs is 1. The average Bonchev–Trinajstić information content (AvgIpc) is 2.90. The van der Waals surface area contributed by atoms with Gasteiger partial charge in [-0.3, -0.25) is 14.5 Å². The molecule has 1 heterocycles. The van der Waals surface area contributed by atoms with Crippen molar-refractivity contribution in [2.24, 2.45) is 0 Å². The second-order valence-corrected chi connectivity index (χ2v) is 11.3. The molecule has 8 heteroatoms. The number of nitrogens with zero attached hydrogens (tertiary/aromatic N) is 2. The van der Waals surface area contributed by atoms with Gasteiger partial charge in [0, 0.05) is 45.6 Å². The summed E-state index contributed by atoms with van der Waals surface area (Å²) in [4.78, 5) is 29.4. The van der Waals surface area contributed by atoms with Crippen LogP contribution in [-0.4, -0.2) is 67.1 Å². The molecule has 1 aliphatic carbocycles. The summed E-state index contributed by atoms with van der Waals surface area (Å²) in [6.45, 7) is 7.77. The van der Waals surface area contributed by atoms with Gasteiger partial charge < -0.3 is 14.4 Å². The lowest BCUT2D eigenvalue weighted by Crippen LogP contribution is -2.68. The third kappa shape index (κ3) is 5.64. The molecule has 204 valence electrons. The molecule has 2 aromatic rings. The number of methoxy groups -OCH3 is 1. The van der Waals surface area contributed by atoms with Crippen molar-refractivity contribution < 1.29 is 19.1 Å². The van der Waals surface area contributed by atoms with Gasteiger partial charge in [-0.1, -0.05) is 47.5 Å². The van der Waals surface area contributed by atoms with Crippen LogP contribution in [0.3, 0.4) is 0 Å². The normalized spacial score (nSPS) is 25.3. The summed E-state index contributed by atoms with van der Waals surface area (Å²) in [7, 11) is 3.68. The largest absolute Gasteiger partial charge is 0.427 e. The Morgan fingerprint density at radius 1 is 1.18 bits per heavy atom. The molecule has 4 rings (SSSR count). The highest BCUT2D eigenvalue weighted by atomic mass is 35.5. The molecule has 38 heavy (non-hydrogen) atoms. The van der Waals surface area contributed by atoms with E-state index in [9.17, 15) is 9.59 Å². The minimum atomic E-state index is -0.451. The van der Waals surface area contributed by atoms with E-state index in [1.807, 2.05) is 36.2 Å². The number of piperidine rings is 1. The number of likely N-dealkylation sites (tertiary alicyclic amines) is 1. The van der Waals surface area contributed by atoms with Gasteiger partial charge >= 0.3 is 5.97 Å². The maximum Gasteiger partial charge on any atom is 0.308 e. The number of amides is 1. The van der Waals surface area contributed by atoms with E-state index in [1.165, 1.54) is 6.92 Å². The van der Waals surface area contributed by atoms with Crippen LogP contribution in [0.4, 0.5) is 0 Å². The molecule has 6 nitrogen and oxygen atoms in total. The molecule has 0 aromatic heterocycles. The van der Waals surface area contributed by atoms with Crippen molar-refractivity contribution in [3.05, 3.63) is 76.3 Å². The van der Waals surface area contributed by atoms with Crippen molar-refractivity contribution in [1.82, 2.24) is 9.80 Å². The maximum absolute atomic E-state index is 13.4. The summed E-state index contributed by atoms with van der Waals surface area (Å²) >= 11 is 12.2. The number of likely N-dealkylation sites (N-methyl/N-ethyl adjacent to an activating group) is 1. The van der Waals surface area contributed by atoms with Crippen LogP contribution in [0.15, 0.2) is 55.1 Å². The Morgan fingerprint density at radius 3 is 2.66 bits per heavy atom. The Kier molecular flexibility index (Phi) is 8.88. The number of ether oxygens (including phenoxy) is 2. The van der Waals surface area contributed by atoms with Gasteiger partial charge in [0.25, 0.3) is 0 Å². The first kappa shape index (κ1) is 28.6. The Bertz CT molecular complexity index is 1200. The van der Waals surface area contributed by atoms with Crippen LogP contribution in [0.5, 0.6) is 5.75 Å². The minimum Gasteiger partial charge on any atom is -0.427 e. The Labute approximate surface area is 235 Å². The van der Waals surface area contributed by atoms with Crippen LogP contribution in [0.2, 0.25) is 10.0 Å². The van der Waals surface area contributed by atoms with E-state index < -0.39 is 5.60 Å². The minimum absolute atomic E-state index is 0.0249. The molecule has 1 aliphatic heterocycles. The predicted molar refractivity (Wildman–Crippen MR) is 151 cm³/mol. The van der Waals surface area contributed by atoms with E-state index in [0.717, 1.165) is 56.4 Å². The summed E-state index contributed by atoms with van der Waals surface area (Å²) in [6, 6.07) is 13.1. The van der Waals surface area contributed by atoms with E-state index in [1.54, 1.807) is 25.3 Å². The van der Waals surface area contributed by atoms with Crippen molar-refractivity contribution in [2.45, 2.75) is 56.1 Å². The van der Waals surface area contributed by atoms with Crippen LogP contribution < -0.4 is 4.74 Å². The molecule has 2 aromatic carbocycles. The zero-order valence-corrected chi connectivity index (χ0v) is 23.9. The summed E-state index contributed by atoms with van der Waals surface area (Å²) < 4.78 is 11.9. The predicted octanol–water partition coefficient (Wildman–Crippen LogP) is 5.69. The van der Waals surface area contributed by atoms with Gasteiger partial charge in [-0.15, -0.1) is 6.58 Å². The Hall–Kier alpha value is -2.38. The lowest BCUT2D eigenvalue weighted by Gasteiger charge is -2.60. The van der Waals surface area contributed by atoms with Crippen molar-refractivity contribution >= 4 is 35.1 Å². The monoisotopic (exact) mass is 558 g/mol. The summed E-state index contributed by atoms with van der Waals surface area (Å²) in [5.41, 5.74) is 1.09. The molecule has 0 unspecified atom stereocenters. The summed E-state index contributed by atoms with van der Waals surface area (Å²) in [5.74, 6) is 0.202. The number of hydrogen-bond donors (Lipinski definition) is 0. The molecule has 1 saturated heterocycles. The van der Waals surface area contributed by atoms with Gasteiger partial charge in [0.1, 0.15) is 5.75 Å². The van der Waals surface area contributed by atoms with Crippen molar-refractivity contribution in [3.8, 4) is 5.75 Å². The number of hydrogen-bond acceptors (Lipinski definition) is 5. The van der Waals surface area contributed by atoms with Gasteiger partial charge in [-0.05, 0) is 67.6 Å². The SMILES string of the molecule is C=CCN1CC[C@@]2(c3cccc(OC(C)=O)c3)C[C@@H](N(C)C(=O)Cc3ccc(Cl)c(Cl)c3)CC[C@]2(OC)C1. The van der Waals surface area contributed by atoms with Crippen molar-refractivity contribution in [3.63, 3.8) is 0 Å². The second-order valence-electron chi connectivity index (χ2n) is 10.5. The fourth-order valence-electron chi connectivity index (χ4n) is 6.41. The summed E-state index contributed by atoms with van der Waals surface area (Å²) in [6.07, 6.45) is 5.40. The topological polar surface area (TPSA) is 59.1 Å². The smallest absolute Gasteiger partial charge is 0.308 e. The van der Waals surface area contributed by atoms with E-state index in [0.29, 0.717) is 15.8 Å². The van der Waals surface area contributed by atoms with Crippen LogP contribution >= 0.6 is 23.2 Å². The zero-order valence-electron chi connectivity index (χ0n) is 22.3. The molecule has 0 bridgehead atoms. The number of carbonyl (C=O) groups excluding carboxylic acids is 2. The van der Waals surface area contributed by atoms with Crippen molar-refractivity contribution in [1.29, 1.82) is 0 Å². The maximum atomic E-state index is 13.4. The fourth-order valence-corrected chi connectivity index (χ4v) is 6.73. The van der Waals surface area contributed by atoms with Gasteiger partial charge in [-0.2, -0.15) is 0 Å². The van der Waals surface area contributed by atoms with Crippen LogP contribution in [-0.2, 0) is 26.2 Å². The molecule has 0 radical (unpaired) electrons. The first-order valence-corrected chi connectivity index (χ1v) is 13.8. The van der Waals surface area contributed by atoms with Crippen LogP contribution in [0.25, 0.3) is 0 Å². The third-order valence-corrected chi connectivity index (χ3v) is 9.12. The van der Waals surface area contributed by atoms with E-state index in [4.69, 9.17) is 32.7 Å². The van der Waals surface area contributed by atoms with E-state index in [2.05, 4.69) is 17.5 Å². The molecule has 2 fully saturated rings. The highest BCUT2D eigenvalue weighted by molar-refractivity contribution is 6.42. The first-order valence-electron chi connectivity index (χ1n) is 13.0. The van der Waals surface area contributed by atoms with Crippen LogP contribution in [0.1, 0.15) is 43.7 Å². The molecule has 0 spiro atoms. The molecule has 3 atom stereocenters. The van der Waals surface area contributed by atoms with E-state index in [-0.39, 0.29) is 29.8 Å². The summed E-state index contributed by atoms with van der Waals surface area (Å²) in [5, 5.41) is 0.917. The van der Waals surface area contributed by atoms with Gasteiger partial charge in [0.05, 0.1) is 22.1 Å². The standard InChI is InChI=1S/C30H36Cl2N2O4/c1-5-14-34-15-13-29(23-7-6-8-25(18-23)38-21(2)35)19-24(11-12-30(29,20-34)37-4)33(3)28(36)17-22-9-10-26(31)27(32)16-22/h5-10,16,18,24H,1,11-15,17,19-20H2,2-4H3/t24-,29-,30-/m0/s1. The third-order valence-electron chi connectivity index (χ3n) is 8.38. The molecule has 0 N–H and O–H groups in total. The molecule has 2 aliphatic rings. The Morgan fingerprint density at radius 2 is 1.97 bits per heavy atom. The number of rotatable bonds is 8. The Balaban J connectivity index is 1.66. The fraction of sp³-hybridized carbons (Fsp3) is 0.467. The number of benzene rings is 2. The number of carbonyl (C=O) groups is 2. The quantitative estimate of drug-likeness (QED) is 0.237. The van der Waals surface area contributed by atoms with Gasteiger partial charge in [0.15, 0.2) is 0 Å². The number of halogens is 2. The lowest BCUT2D eigenvalue weighted by atomic mass is 9.55. The number of esters is 1. The van der Waals surface area contributed by atoms with E-state index >= 15 is 0 Å². The van der Waals surface area contributed by atoms with Gasteiger partial charge in [0.2, 0.25) is 5.91 Å². The molecule has 1 amide bonds. The highest BCUT2D eigenvalue weighted by Crippen LogP contribution is 2.54. The second kappa shape index (κ2) is 11.8. The zero-order chi connectivity index (χ0) is 27.5. The lowest BCUT2D eigenvalue weighted by molar-refractivity contribution is -0.159.